The lowest BCUT2D eigenvalue weighted by atomic mass is 9.64. The van der Waals surface area contributed by atoms with Crippen molar-refractivity contribution in [2.45, 2.75) is 5.54 Å². The quantitative estimate of drug-likeness (QED) is 0.0723. The molecule has 0 spiro atoms. The molecule has 0 heterocycles. The van der Waals surface area contributed by atoms with Gasteiger partial charge in [-0.3, -0.25) is 24.5 Å². The fraction of sp³-hybridized carbons (Fsp3) is 0.778. The first-order valence-corrected chi connectivity index (χ1v) is 10.2. The van der Waals surface area contributed by atoms with Gasteiger partial charge in [0.25, 0.3) is 0 Å². The predicted molar refractivity (Wildman–Crippen MR) is 112 cm³/mol. The molecule has 0 aliphatic carbocycles. The zero-order chi connectivity index (χ0) is 25.6. The Morgan fingerprint density at radius 3 is 1.42 bits per heavy atom. The molecule has 0 aromatic carbocycles. The van der Waals surface area contributed by atoms with Crippen LogP contribution in [0.5, 0.6) is 0 Å². The first-order chi connectivity index (χ1) is 15.5. The van der Waals surface area contributed by atoms with Gasteiger partial charge in [0, 0.05) is 64.4 Å². The molecule has 2 amide bonds. The highest BCUT2D eigenvalue weighted by molar-refractivity contribution is 5.95. The molecule has 0 radical (unpaired) electrons. The summed E-state index contributed by atoms with van der Waals surface area (Å²) < 4.78 is 0. The summed E-state index contributed by atoms with van der Waals surface area (Å²) in [6.07, 6.45) is 0. The lowest BCUT2D eigenvalue weighted by Gasteiger charge is -2.45. The van der Waals surface area contributed by atoms with E-state index < -0.39 is 79.4 Å². The van der Waals surface area contributed by atoms with E-state index in [9.17, 15) is 44.7 Å². The molecule has 0 aliphatic heterocycles. The van der Waals surface area contributed by atoms with Crippen molar-refractivity contribution in [2.75, 3.05) is 59.2 Å². The number of carboxylic acid groups (broad SMARTS) is 2. The van der Waals surface area contributed by atoms with Crippen molar-refractivity contribution in [1.29, 1.82) is 0 Å². The highest BCUT2D eigenvalue weighted by Crippen LogP contribution is 2.37. The third-order valence-electron chi connectivity index (χ3n) is 5.30. The summed E-state index contributed by atoms with van der Waals surface area (Å²) in [6, 6.07) is 0. The predicted octanol–water partition coefficient (Wildman–Crippen LogP) is -5.93. The van der Waals surface area contributed by atoms with Crippen LogP contribution in [0.3, 0.4) is 0 Å². The van der Waals surface area contributed by atoms with Crippen LogP contribution in [0.15, 0.2) is 0 Å². The van der Waals surface area contributed by atoms with Gasteiger partial charge in [0.2, 0.25) is 11.8 Å². The summed E-state index contributed by atoms with van der Waals surface area (Å²) in [6.45, 7) is -3.23. The van der Waals surface area contributed by atoms with E-state index in [-0.39, 0.29) is 26.2 Å². The molecule has 0 saturated heterocycles. The third-order valence-corrected chi connectivity index (χ3v) is 5.30. The first kappa shape index (κ1) is 30.6. The van der Waals surface area contributed by atoms with Gasteiger partial charge in [-0.1, -0.05) is 0 Å². The minimum atomic E-state index is -2.59. The molecule has 0 saturated carbocycles. The Morgan fingerprint density at radius 1 is 0.697 bits per heavy atom. The lowest BCUT2D eigenvalue weighted by Crippen LogP contribution is -2.71. The molecule has 15 nitrogen and oxygen atoms in total. The summed E-state index contributed by atoms with van der Waals surface area (Å²) in [4.78, 5) is 47.7. The maximum absolute atomic E-state index is 12.6. The van der Waals surface area contributed by atoms with Gasteiger partial charge in [0.05, 0.1) is 18.4 Å². The number of aliphatic hydroxyl groups is 4. The molecule has 0 aromatic rings. The van der Waals surface area contributed by atoms with Gasteiger partial charge in [-0.15, -0.1) is 0 Å². The van der Waals surface area contributed by atoms with Gasteiger partial charge in [-0.2, -0.15) is 0 Å². The van der Waals surface area contributed by atoms with Crippen LogP contribution >= 0.6 is 0 Å². The highest BCUT2D eigenvalue weighted by atomic mass is 16.4. The molecule has 192 valence electrons. The highest BCUT2D eigenvalue weighted by Gasteiger charge is 2.60. The number of aliphatic hydroxyl groups excluding tert-OH is 4. The van der Waals surface area contributed by atoms with E-state index in [0.717, 1.165) is 0 Å². The van der Waals surface area contributed by atoms with Crippen molar-refractivity contribution in [3.8, 4) is 0 Å². The molecule has 15 heteroatoms. The van der Waals surface area contributed by atoms with Crippen LogP contribution < -0.4 is 27.4 Å². The molecule has 33 heavy (non-hydrogen) atoms. The van der Waals surface area contributed by atoms with Gasteiger partial charge < -0.3 is 52.7 Å². The Morgan fingerprint density at radius 2 is 1.09 bits per heavy atom. The fourth-order valence-electron chi connectivity index (χ4n) is 3.80. The Balaban J connectivity index is 6.03. The number of primary amides is 2. The zero-order valence-electron chi connectivity index (χ0n) is 18.1. The SMILES string of the molecule is NC(=O)C(C(CO)CO)C(NCCNCCNCC(=O)O)(C(=O)O)C(C(N)=O)C(CO)CO. The second-order valence-corrected chi connectivity index (χ2v) is 7.43. The van der Waals surface area contributed by atoms with Crippen molar-refractivity contribution < 1.29 is 49.8 Å². The van der Waals surface area contributed by atoms with Gasteiger partial charge in [0.15, 0.2) is 0 Å². The van der Waals surface area contributed by atoms with Crippen molar-refractivity contribution >= 4 is 23.8 Å². The van der Waals surface area contributed by atoms with Crippen LogP contribution in [0.2, 0.25) is 0 Å². The number of aliphatic carboxylic acids is 2. The Hall–Kier alpha value is -2.40. The summed E-state index contributed by atoms with van der Waals surface area (Å²) in [5.41, 5.74) is 8.27. The third kappa shape index (κ3) is 8.47. The Labute approximate surface area is 190 Å². The molecule has 0 rings (SSSR count). The van der Waals surface area contributed by atoms with E-state index in [4.69, 9.17) is 16.6 Å². The number of hydrogen-bond acceptors (Lipinski definition) is 11. The van der Waals surface area contributed by atoms with Gasteiger partial charge in [0.1, 0.15) is 5.54 Å². The van der Waals surface area contributed by atoms with Crippen molar-refractivity contribution in [3.63, 3.8) is 0 Å². The molecule has 0 fully saturated rings. The average molecular weight is 482 g/mol. The minimum Gasteiger partial charge on any atom is -0.480 e. The number of rotatable bonds is 20. The zero-order valence-corrected chi connectivity index (χ0v) is 18.1. The second kappa shape index (κ2) is 15.4. The monoisotopic (exact) mass is 481 g/mol. The van der Waals surface area contributed by atoms with Crippen LogP contribution in [0, 0.1) is 23.7 Å². The topological polar surface area (TPSA) is 278 Å². The van der Waals surface area contributed by atoms with Crippen LogP contribution in [0.4, 0.5) is 0 Å². The molecule has 0 aliphatic rings. The maximum atomic E-state index is 12.6. The normalized spacial score (nSPS) is 15.2. The average Bonchev–Trinajstić information content (AvgIpc) is 2.74. The van der Waals surface area contributed by atoms with E-state index in [1.807, 2.05) is 0 Å². The van der Waals surface area contributed by atoms with E-state index >= 15 is 0 Å². The van der Waals surface area contributed by atoms with Gasteiger partial charge in [-0.25, -0.2) is 0 Å². The van der Waals surface area contributed by atoms with Crippen molar-refractivity contribution in [3.05, 3.63) is 0 Å². The van der Waals surface area contributed by atoms with E-state index in [1.54, 1.807) is 0 Å². The number of nitrogens with one attached hydrogen (secondary N) is 3. The molecular formula is C18H35N5O10. The number of nitrogens with two attached hydrogens (primary N) is 2. The lowest BCUT2D eigenvalue weighted by molar-refractivity contribution is -0.164. The molecule has 13 N–H and O–H groups in total. The second-order valence-electron chi connectivity index (χ2n) is 7.43. The number of carbonyl (C=O) groups is 4. The molecule has 0 bridgehead atoms. The fourth-order valence-corrected chi connectivity index (χ4v) is 3.80. The maximum Gasteiger partial charge on any atom is 0.325 e. The smallest absolute Gasteiger partial charge is 0.325 e. The molecular weight excluding hydrogens is 446 g/mol. The summed E-state index contributed by atoms with van der Waals surface area (Å²) in [7, 11) is 0. The van der Waals surface area contributed by atoms with Crippen LogP contribution in [-0.4, -0.2) is 119 Å². The van der Waals surface area contributed by atoms with Crippen LogP contribution in [0.25, 0.3) is 0 Å². The molecule has 0 aromatic heterocycles. The number of carboxylic acids is 2. The van der Waals surface area contributed by atoms with E-state index in [2.05, 4.69) is 16.0 Å². The van der Waals surface area contributed by atoms with E-state index in [0.29, 0.717) is 6.54 Å². The van der Waals surface area contributed by atoms with Gasteiger partial charge >= 0.3 is 11.9 Å². The van der Waals surface area contributed by atoms with Crippen LogP contribution in [0.1, 0.15) is 0 Å². The minimum absolute atomic E-state index is 0.0760. The number of carbonyl (C=O) groups excluding carboxylic acids is 2. The van der Waals surface area contributed by atoms with E-state index in [1.165, 1.54) is 0 Å². The van der Waals surface area contributed by atoms with Crippen molar-refractivity contribution in [1.82, 2.24) is 16.0 Å². The van der Waals surface area contributed by atoms with Crippen LogP contribution in [-0.2, 0) is 19.2 Å². The number of amides is 2. The Kier molecular flexibility index (Phi) is 14.3. The van der Waals surface area contributed by atoms with Gasteiger partial charge in [-0.05, 0) is 0 Å². The van der Waals surface area contributed by atoms with Crippen molar-refractivity contribution in [2.24, 2.45) is 35.1 Å². The Bertz CT molecular complexity index is 612. The summed E-state index contributed by atoms with van der Waals surface area (Å²) >= 11 is 0. The molecule has 2 atom stereocenters. The summed E-state index contributed by atoms with van der Waals surface area (Å²) in [5.74, 6) is -11.9. The molecule has 2 unspecified atom stereocenters. The largest absolute Gasteiger partial charge is 0.480 e. The standard InChI is InChI=1S/C18H35N5O10/c19-15(30)13(10(6-24)7-25)18(17(32)33,14(16(20)31)11(8-26)9-27)23-4-3-21-1-2-22-5-12(28)29/h10-11,13-14,21-27H,1-9H2,(H2,19,30)(H2,20,31)(H,28,29)(H,32,33). The first-order valence-electron chi connectivity index (χ1n) is 10.2. The summed E-state index contributed by atoms with van der Waals surface area (Å²) in [5, 5.41) is 65.4. The number of hydrogen-bond donors (Lipinski definition) is 11.